The number of aromatic nitrogens is 1. The first-order valence-corrected chi connectivity index (χ1v) is 6.37. The molecule has 1 atom stereocenters. The highest BCUT2D eigenvalue weighted by atomic mass is 32.1. The SMILES string of the molecule is COC1CCN(c2nc(C(=O)O)c(C(C)=O)s2)C1. The number of Topliss-reactive ketones (excluding diaryl/α,β-unsaturated/α-hetero) is 1. The zero-order chi connectivity index (χ0) is 13.3. The molecule has 1 aliphatic heterocycles. The second kappa shape index (κ2) is 5.03. The van der Waals surface area contributed by atoms with Crippen LogP contribution in [0.3, 0.4) is 0 Å². The van der Waals surface area contributed by atoms with Gasteiger partial charge in [0.2, 0.25) is 0 Å². The summed E-state index contributed by atoms with van der Waals surface area (Å²) in [5.41, 5.74) is -0.150. The number of carbonyl (C=O) groups excluding carboxylic acids is 1. The highest BCUT2D eigenvalue weighted by Gasteiger charge is 2.28. The van der Waals surface area contributed by atoms with E-state index < -0.39 is 5.97 Å². The molecule has 1 aromatic heterocycles. The first-order chi connectivity index (χ1) is 8.52. The summed E-state index contributed by atoms with van der Waals surface area (Å²) in [5, 5.41) is 9.60. The predicted octanol–water partition coefficient (Wildman–Crippen LogP) is 1.27. The number of anilines is 1. The molecule has 1 unspecified atom stereocenters. The summed E-state index contributed by atoms with van der Waals surface area (Å²) in [6, 6.07) is 0. The van der Waals surface area contributed by atoms with E-state index in [0.29, 0.717) is 11.7 Å². The van der Waals surface area contributed by atoms with E-state index in [1.165, 1.54) is 6.92 Å². The maximum absolute atomic E-state index is 11.4. The number of ketones is 1. The summed E-state index contributed by atoms with van der Waals surface area (Å²) in [7, 11) is 1.65. The highest BCUT2D eigenvalue weighted by Crippen LogP contribution is 2.29. The van der Waals surface area contributed by atoms with Gasteiger partial charge >= 0.3 is 5.97 Å². The monoisotopic (exact) mass is 270 g/mol. The molecule has 18 heavy (non-hydrogen) atoms. The van der Waals surface area contributed by atoms with Crippen LogP contribution in [0.1, 0.15) is 33.5 Å². The van der Waals surface area contributed by atoms with E-state index in [-0.39, 0.29) is 22.5 Å². The van der Waals surface area contributed by atoms with Gasteiger partial charge in [-0.15, -0.1) is 0 Å². The Morgan fingerprint density at radius 3 is 2.72 bits per heavy atom. The Kier molecular flexibility index (Phi) is 3.63. The van der Waals surface area contributed by atoms with Crippen LogP contribution in [0.2, 0.25) is 0 Å². The quantitative estimate of drug-likeness (QED) is 0.830. The second-order valence-electron chi connectivity index (χ2n) is 4.13. The normalized spacial score (nSPS) is 19.2. The molecule has 1 N–H and O–H groups in total. The molecule has 0 bridgehead atoms. The smallest absolute Gasteiger partial charge is 0.356 e. The number of carboxylic acids is 1. The van der Waals surface area contributed by atoms with Crippen LogP contribution in [-0.4, -0.2) is 48.1 Å². The number of carbonyl (C=O) groups is 2. The van der Waals surface area contributed by atoms with Gasteiger partial charge in [0, 0.05) is 27.1 Å². The number of carboxylic acid groups (broad SMARTS) is 1. The number of rotatable bonds is 4. The van der Waals surface area contributed by atoms with Crippen LogP contribution in [-0.2, 0) is 4.74 Å². The molecular weight excluding hydrogens is 256 g/mol. The van der Waals surface area contributed by atoms with Gasteiger partial charge in [-0.25, -0.2) is 9.78 Å². The number of nitrogens with zero attached hydrogens (tertiary/aromatic N) is 2. The van der Waals surface area contributed by atoms with Crippen molar-refractivity contribution in [2.75, 3.05) is 25.1 Å². The zero-order valence-corrected chi connectivity index (χ0v) is 11.0. The molecule has 0 radical (unpaired) electrons. The summed E-state index contributed by atoms with van der Waals surface area (Å²) >= 11 is 1.13. The lowest BCUT2D eigenvalue weighted by molar-refractivity contribution is 0.0687. The van der Waals surface area contributed by atoms with Gasteiger partial charge in [0.1, 0.15) is 4.88 Å². The molecule has 0 saturated carbocycles. The van der Waals surface area contributed by atoms with Crippen molar-refractivity contribution < 1.29 is 19.4 Å². The number of hydrogen-bond donors (Lipinski definition) is 1. The first kappa shape index (κ1) is 13.0. The third-order valence-electron chi connectivity index (χ3n) is 2.89. The van der Waals surface area contributed by atoms with Gasteiger partial charge < -0.3 is 14.7 Å². The van der Waals surface area contributed by atoms with Gasteiger partial charge in [-0.3, -0.25) is 4.79 Å². The topological polar surface area (TPSA) is 79.7 Å². The van der Waals surface area contributed by atoms with Crippen LogP contribution < -0.4 is 4.90 Å². The summed E-state index contributed by atoms with van der Waals surface area (Å²) in [4.78, 5) is 28.6. The van der Waals surface area contributed by atoms with Gasteiger partial charge in [0.25, 0.3) is 0 Å². The van der Waals surface area contributed by atoms with Gasteiger partial charge in [-0.05, 0) is 6.42 Å². The van der Waals surface area contributed by atoms with Gasteiger partial charge in [0.05, 0.1) is 6.10 Å². The fourth-order valence-electron chi connectivity index (χ4n) is 1.92. The molecule has 0 aromatic carbocycles. The second-order valence-corrected chi connectivity index (χ2v) is 5.11. The van der Waals surface area contributed by atoms with E-state index in [1.807, 2.05) is 4.90 Å². The fraction of sp³-hybridized carbons (Fsp3) is 0.545. The van der Waals surface area contributed by atoms with Crippen molar-refractivity contribution in [1.29, 1.82) is 0 Å². The maximum Gasteiger partial charge on any atom is 0.356 e. The van der Waals surface area contributed by atoms with Gasteiger partial charge in [0.15, 0.2) is 16.6 Å². The van der Waals surface area contributed by atoms with Gasteiger partial charge in [-0.1, -0.05) is 11.3 Å². The van der Waals surface area contributed by atoms with Crippen molar-refractivity contribution in [3.63, 3.8) is 0 Å². The molecular formula is C11H14N2O4S. The molecule has 0 aliphatic carbocycles. The number of hydrogen-bond acceptors (Lipinski definition) is 6. The van der Waals surface area contributed by atoms with E-state index in [9.17, 15) is 9.59 Å². The minimum atomic E-state index is -1.16. The number of aromatic carboxylic acids is 1. The molecule has 98 valence electrons. The van der Waals surface area contributed by atoms with Crippen molar-refractivity contribution in [3.8, 4) is 0 Å². The van der Waals surface area contributed by atoms with E-state index in [1.54, 1.807) is 7.11 Å². The lowest BCUT2D eigenvalue weighted by Crippen LogP contribution is -2.22. The van der Waals surface area contributed by atoms with E-state index in [4.69, 9.17) is 9.84 Å². The Hall–Kier alpha value is -1.47. The molecule has 0 amide bonds. The Labute approximate surface area is 108 Å². The van der Waals surface area contributed by atoms with Crippen LogP contribution in [0.15, 0.2) is 0 Å². The molecule has 0 spiro atoms. The molecule has 2 heterocycles. The largest absolute Gasteiger partial charge is 0.476 e. The maximum atomic E-state index is 11.4. The van der Waals surface area contributed by atoms with Crippen molar-refractivity contribution >= 4 is 28.2 Å². The summed E-state index contributed by atoms with van der Waals surface area (Å²) < 4.78 is 5.25. The minimum Gasteiger partial charge on any atom is -0.476 e. The average molecular weight is 270 g/mol. The number of thiazole rings is 1. The number of ether oxygens (including phenoxy) is 1. The highest BCUT2D eigenvalue weighted by molar-refractivity contribution is 7.17. The molecule has 6 nitrogen and oxygen atoms in total. The third-order valence-corrected chi connectivity index (χ3v) is 4.10. The number of methoxy groups -OCH3 is 1. The lowest BCUT2D eigenvalue weighted by atomic mass is 10.3. The molecule has 1 aliphatic rings. The fourth-order valence-corrected chi connectivity index (χ4v) is 2.91. The summed E-state index contributed by atoms with van der Waals surface area (Å²) in [6.45, 7) is 2.80. The lowest BCUT2D eigenvalue weighted by Gasteiger charge is -2.13. The standard InChI is InChI=1S/C11H14N2O4S/c1-6(14)9-8(10(15)16)12-11(18-9)13-4-3-7(5-13)17-2/h7H,3-5H2,1-2H3,(H,15,16). The third kappa shape index (κ3) is 2.37. The Morgan fingerprint density at radius 1 is 1.56 bits per heavy atom. The molecule has 1 aromatic rings. The van der Waals surface area contributed by atoms with Crippen molar-refractivity contribution in [2.24, 2.45) is 0 Å². The molecule has 7 heteroatoms. The van der Waals surface area contributed by atoms with Crippen LogP contribution in [0.25, 0.3) is 0 Å². The zero-order valence-electron chi connectivity index (χ0n) is 10.2. The first-order valence-electron chi connectivity index (χ1n) is 5.55. The molecule has 1 fully saturated rings. The molecule has 1 saturated heterocycles. The average Bonchev–Trinajstić information content (AvgIpc) is 2.95. The Bertz CT molecular complexity index is 454. The summed E-state index contributed by atoms with van der Waals surface area (Å²) in [6.07, 6.45) is 1.02. The Morgan fingerprint density at radius 2 is 2.28 bits per heavy atom. The van der Waals surface area contributed by atoms with Crippen LogP contribution in [0.5, 0.6) is 0 Å². The molecule has 2 rings (SSSR count). The van der Waals surface area contributed by atoms with Crippen molar-refractivity contribution in [2.45, 2.75) is 19.4 Å². The summed E-state index contributed by atoms with van der Waals surface area (Å²) in [5.74, 6) is -1.43. The van der Waals surface area contributed by atoms with E-state index in [2.05, 4.69) is 4.98 Å². The Balaban J connectivity index is 2.27. The minimum absolute atomic E-state index is 0.142. The van der Waals surface area contributed by atoms with Crippen LogP contribution in [0.4, 0.5) is 5.13 Å². The van der Waals surface area contributed by atoms with Crippen molar-refractivity contribution in [1.82, 2.24) is 4.98 Å². The van der Waals surface area contributed by atoms with Crippen LogP contribution >= 0.6 is 11.3 Å². The van der Waals surface area contributed by atoms with Crippen molar-refractivity contribution in [3.05, 3.63) is 10.6 Å². The van der Waals surface area contributed by atoms with E-state index >= 15 is 0 Å². The van der Waals surface area contributed by atoms with E-state index in [0.717, 1.165) is 24.3 Å². The van der Waals surface area contributed by atoms with Gasteiger partial charge in [-0.2, -0.15) is 0 Å². The van der Waals surface area contributed by atoms with Crippen LogP contribution in [0, 0.1) is 0 Å². The predicted molar refractivity (Wildman–Crippen MR) is 66.7 cm³/mol.